The van der Waals surface area contributed by atoms with Crippen molar-refractivity contribution in [2.75, 3.05) is 13.7 Å². The molecule has 1 aromatic rings. The first-order valence-electron chi connectivity index (χ1n) is 10.9. The van der Waals surface area contributed by atoms with E-state index in [0.29, 0.717) is 13.2 Å². The van der Waals surface area contributed by atoms with Gasteiger partial charge in [0, 0.05) is 24.9 Å². The van der Waals surface area contributed by atoms with E-state index in [1.54, 1.807) is 7.11 Å². The zero-order chi connectivity index (χ0) is 23.1. The van der Waals surface area contributed by atoms with Crippen LogP contribution in [0.1, 0.15) is 53.5 Å². The molecule has 0 aliphatic rings. The van der Waals surface area contributed by atoms with Crippen LogP contribution in [0, 0.1) is 11.8 Å². The average molecular weight is 439 g/mol. The first-order valence-corrected chi connectivity index (χ1v) is 13.8. The first-order chi connectivity index (χ1) is 13.8. The number of Topliss-reactive ketones (excluding diaryl/α,β-unsaturated/α-hetero) is 1. The van der Waals surface area contributed by atoms with Crippen molar-refractivity contribution in [1.29, 1.82) is 0 Å². The molecule has 0 aliphatic heterocycles. The van der Waals surface area contributed by atoms with E-state index >= 15 is 0 Å². The Morgan fingerprint density at radius 3 is 2.17 bits per heavy atom. The van der Waals surface area contributed by atoms with E-state index in [2.05, 4.69) is 33.9 Å². The second kappa shape index (κ2) is 11.4. The van der Waals surface area contributed by atoms with Crippen molar-refractivity contribution in [2.45, 2.75) is 84.9 Å². The summed E-state index contributed by atoms with van der Waals surface area (Å²) >= 11 is 0. The molecule has 0 unspecified atom stereocenters. The minimum absolute atomic E-state index is 0.0175. The van der Waals surface area contributed by atoms with Gasteiger partial charge in [-0.2, -0.15) is 0 Å². The maximum absolute atomic E-state index is 12.7. The highest BCUT2D eigenvalue weighted by molar-refractivity contribution is 6.74. The summed E-state index contributed by atoms with van der Waals surface area (Å²) in [5.41, 5.74) is 1.03. The molecule has 4 atom stereocenters. The van der Waals surface area contributed by atoms with Gasteiger partial charge in [-0.25, -0.2) is 0 Å². The van der Waals surface area contributed by atoms with E-state index in [4.69, 9.17) is 13.9 Å². The standard InChI is InChI=1S/C24H42O5Si/c1-17(15-29-30(8,9)24(4,5)6)22(25)14-23(26)18(2)19(3)28-16-20-10-12-21(27-7)13-11-20/h10-13,17-19,22,25H,14-16H2,1-9H3/t17-,18+,19+,22-/m0/s1. The monoisotopic (exact) mass is 438 g/mol. The number of ether oxygens (including phenoxy) is 2. The summed E-state index contributed by atoms with van der Waals surface area (Å²) in [4.78, 5) is 12.7. The molecule has 172 valence electrons. The van der Waals surface area contributed by atoms with Crippen LogP contribution in [-0.2, 0) is 20.6 Å². The van der Waals surface area contributed by atoms with Crippen molar-refractivity contribution in [3.63, 3.8) is 0 Å². The lowest BCUT2D eigenvalue weighted by atomic mass is 9.92. The summed E-state index contributed by atoms with van der Waals surface area (Å²) in [5.74, 6) is 0.442. The van der Waals surface area contributed by atoms with Gasteiger partial charge in [-0.3, -0.25) is 4.79 Å². The van der Waals surface area contributed by atoms with E-state index in [1.165, 1.54) is 0 Å². The number of ketones is 1. The largest absolute Gasteiger partial charge is 0.497 e. The van der Waals surface area contributed by atoms with E-state index in [-0.39, 0.29) is 35.2 Å². The third-order valence-corrected chi connectivity index (χ3v) is 11.0. The summed E-state index contributed by atoms with van der Waals surface area (Å²) in [6, 6.07) is 7.68. The van der Waals surface area contributed by atoms with Crippen LogP contribution < -0.4 is 4.74 Å². The molecule has 0 radical (unpaired) electrons. The smallest absolute Gasteiger partial charge is 0.191 e. The summed E-state index contributed by atoms with van der Waals surface area (Å²) in [7, 11) is -0.232. The van der Waals surface area contributed by atoms with Crippen LogP contribution in [-0.4, -0.2) is 45.1 Å². The third kappa shape index (κ3) is 8.14. The Morgan fingerprint density at radius 1 is 1.10 bits per heavy atom. The first kappa shape index (κ1) is 26.8. The summed E-state index contributed by atoms with van der Waals surface area (Å²) in [6.07, 6.45) is -0.816. The molecule has 30 heavy (non-hydrogen) atoms. The molecule has 0 heterocycles. The van der Waals surface area contributed by atoms with E-state index < -0.39 is 14.4 Å². The molecule has 0 amide bonds. The van der Waals surface area contributed by atoms with Crippen LogP contribution in [0.15, 0.2) is 24.3 Å². The number of carbonyl (C=O) groups excluding carboxylic acids is 1. The number of aliphatic hydroxyl groups excluding tert-OH is 1. The van der Waals surface area contributed by atoms with E-state index in [1.807, 2.05) is 45.0 Å². The molecule has 1 N–H and O–H groups in total. The Labute approximate surface area is 184 Å². The molecule has 1 aromatic carbocycles. The lowest BCUT2D eigenvalue weighted by Crippen LogP contribution is -2.43. The highest BCUT2D eigenvalue weighted by Gasteiger charge is 2.38. The lowest BCUT2D eigenvalue weighted by molar-refractivity contribution is -0.130. The van der Waals surface area contributed by atoms with Crippen molar-refractivity contribution in [3.8, 4) is 5.75 Å². The highest BCUT2D eigenvalue weighted by Crippen LogP contribution is 2.37. The SMILES string of the molecule is COc1ccc(CO[C@H](C)[C@@H](C)C(=O)C[C@H](O)[C@@H](C)CO[Si](C)(C)C(C)(C)C)cc1. The number of methoxy groups -OCH3 is 1. The van der Waals surface area contributed by atoms with Gasteiger partial charge in [0.2, 0.25) is 0 Å². The lowest BCUT2D eigenvalue weighted by Gasteiger charge is -2.37. The Bertz CT molecular complexity index is 651. The molecule has 1 rings (SSSR count). The number of hydrogen-bond donors (Lipinski definition) is 1. The molecule has 6 heteroatoms. The average Bonchev–Trinajstić information content (AvgIpc) is 2.68. The minimum Gasteiger partial charge on any atom is -0.497 e. The van der Waals surface area contributed by atoms with Gasteiger partial charge in [0.15, 0.2) is 8.32 Å². The van der Waals surface area contributed by atoms with Gasteiger partial charge in [0.05, 0.1) is 25.9 Å². The minimum atomic E-state index is -1.87. The highest BCUT2D eigenvalue weighted by atomic mass is 28.4. The van der Waals surface area contributed by atoms with Gasteiger partial charge in [-0.15, -0.1) is 0 Å². The quantitative estimate of drug-likeness (QED) is 0.454. The fraction of sp³-hybridized carbons (Fsp3) is 0.708. The number of aliphatic hydroxyl groups is 1. The van der Waals surface area contributed by atoms with Crippen molar-refractivity contribution >= 4 is 14.1 Å². The van der Waals surface area contributed by atoms with Crippen molar-refractivity contribution in [2.24, 2.45) is 11.8 Å². The van der Waals surface area contributed by atoms with Gasteiger partial charge in [0.1, 0.15) is 11.5 Å². The second-order valence-corrected chi connectivity index (χ2v) is 14.7. The Kier molecular flexibility index (Phi) is 10.2. The molecule has 5 nitrogen and oxygen atoms in total. The number of hydrogen-bond acceptors (Lipinski definition) is 5. The Morgan fingerprint density at radius 2 is 1.67 bits per heavy atom. The summed E-state index contributed by atoms with van der Waals surface area (Å²) in [5, 5.41) is 10.7. The number of rotatable bonds is 12. The van der Waals surface area contributed by atoms with E-state index in [9.17, 15) is 9.90 Å². The van der Waals surface area contributed by atoms with Gasteiger partial charge >= 0.3 is 0 Å². The van der Waals surface area contributed by atoms with Gasteiger partial charge in [-0.05, 0) is 42.8 Å². The zero-order valence-corrected chi connectivity index (χ0v) is 21.3. The summed E-state index contributed by atoms with van der Waals surface area (Å²) < 4.78 is 17.3. The number of carbonyl (C=O) groups is 1. The van der Waals surface area contributed by atoms with Crippen LogP contribution in [0.3, 0.4) is 0 Å². The molecular formula is C24H42O5Si. The van der Waals surface area contributed by atoms with Crippen molar-refractivity contribution in [3.05, 3.63) is 29.8 Å². The molecule has 0 fully saturated rings. The predicted octanol–water partition coefficient (Wildman–Crippen LogP) is 5.21. The molecule has 0 aliphatic carbocycles. The van der Waals surface area contributed by atoms with Crippen LogP contribution in [0.5, 0.6) is 5.75 Å². The molecule has 0 spiro atoms. The second-order valence-electron chi connectivity index (χ2n) is 9.94. The van der Waals surface area contributed by atoms with Crippen LogP contribution in [0.4, 0.5) is 0 Å². The topological polar surface area (TPSA) is 65.0 Å². The van der Waals surface area contributed by atoms with Crippen molar-refractivity contribution in [1.82, 2.24) is 0 Å². The molecule has 0 saturated carbocycles. The number of benzene rings is 1. The third-order valence-electron chi connectivity index (χ3n) is 6.46. The fourth-order valence-electron chi connectivity index (χ4n) is 2.62. The van der Waals surface area contributed by atoms with E-state index in [0.717, 1.165) is 11.3 Å². The van der Waals surface area contributed by atoms with Crippen molar-refractivity contribution < 1.29 is 23.8 Å². The maximum Gasteiger partial charge on any atom is 0.191 e. The predicted molar refractivity (Wildman–Crippen MR) is 124 cm³/mol. The Hall–Kier alpha value is -1.21. The fourth-order valence-corrected chi connectivity index (χ4v) is 3.73. The Balaban J connectivity index is 2.48. The van der Waals surface area contributed by atoms with Gasteiger partial charge < -0.3 is 19.0 Å². The van der Waals surface area contributed by atoms with Gasteiger partial charge in [0.25, 0.3) is 0 Å². The van der Waals surface area contributed by atoms with Crippen LogP contribution in [0.2, 0.25) is 18.1 Å². The molecule has 0 aromatic heterocycles. The zero-order valence-electron chi connectivity index (χ0n) is 20.3. The molecule has 0 bridgehead atoms. The molecule has 0 saturated heterocycles. The van der Waals surface area contributed by atoms with Gasteiger partial charge in [-0.1, -0.05) is 46.8 Å². The van der Waals surface area contributed by atoms with Crippen LogP contribution in [0.25, 0.3) is 0 Å². The maximum atomic E-state index is 12.7. The summed E-state index contributed by atoms with van der Waals surface area (Å²) in [6.45, 7) is 17.6. The van der Waals surface area contributed by atoms with Crippen LogP contribution >= 0.6 is 0 Å². The molecular weight excluding hydrogens is 396 g/mol. The normalized spacial score (nSPS) is 16.6.